The summed E-state index contributed by atoms with van der Waals surface area (Å²) < 4.78 is 16.4. The summed E-state index contributed by atoms with van der Waals surface area (Å²) in [7, 11) is 1.60. The van der Waals surface area contributed by atoms with Crippen LogP contribution in [0, 0.1) is 6.92 Å². The molecule has 0 atom stereocenters. The molecule has 0 saturated carbocycles. The second kappa shape index (κ2) is 14.4. The van der Waals surface area contributed by atoms with Crippen molar-refractivity contribution in [2.45, 2.75) is 19.9 Å². The first kappa shape index (κ1) is 28.2. The number of nitrogens with zero attached hydrogens (tertiary/aromatic N) is 3. The van der Waals surface area contributed by atoms with Crippen LogP contribution in [0.25, 0.3) is 0 Å². The average molecular weight is 535 g/mol. The number of methoxy groups -OCH3 is 1. The fraction of sp³-hybridized carbons (Fsp3) is 0.400. The molecule has 39 heavy (non-hydrogen) atoms. The van der Waals surface area contributed by atoms with Gasteiger partial charge in [-0.1, -0.05) is 30.3 Å². The van der Waals surface area contributed by atoms with Crippen molar-refractivity contribution in [2.75, 3.05) is 64.9 Å². The third kappa shape index (κ3) is 8.87. The summed E-state index contributed by atoms with van der Waals surface area (Å²) in [5.74, 6) is 2.09. The molecule has 1 fully saturated rings. The summed E-state index contributed by atoms with van der Waals surface area (Å²) in [4.78, 5) is 32.7. The second-order valence-electron chi connectivity index (χ2n) is 9.60. The molecule has 1 saturated heterocycles. The summed E-state index contributed by atoms with van der Waals surface area (Å²) >= 11 is 0. The molecular weight excluding hydrogens is 496 g/mol. The minimum Gasteiger partial charge on any atom is -0.497 e. The number of rotatable bonds is 12. The number of ether oxygens (including phenoxy) is 2. The number of amides is 3. The van der Waals surface area contributed by atoms with Crippen LogP contribution < -0.4 is 10.1 Å². The molecular formula is C30H38N4O5. The van der Waals surface area contributed by atoms with E-state index in [0.717, 1.165) is 30.2 Å². The van der Waals surface area contributed by atoms with Gasteiger partial charge in [-0.15, -0.1) is 0 Å². The maximum atomic E-state index is 13.7. The lowest BCUT2D eigenvalue weighted by atomic mass is 10.1. The van der Waals surface area contributed by atoms with Crippen LogP contribution in [0.1, 0.15) is 17.1 Å². The Morgan fingerprint density at radius 1 is 0.949 bits per heavy atom. The van der Waals surface area contributed by atoms with E-state index in [9.17, 15) is 9.59 Å². The number of carbonyl (C=O) groups is 2. The first-order chi connectivity index (χ1) is 19.0. The first-order valence-electron chi connectivity index (χ1n) is 13.4. The molecule has 2 aromatic carbocycles. The highest BCUT2D eigenvalue weighted by Crippen LogP contribution is 2.16. The van der Waals surface area contributed by atoms with Gasteiger partial charge in [-0.05, 0) is 55.3 Å². The Bertz CT molecular complexity index is 1180. The summed E-state index contributed by atoms with van der Waals surface area (Å²) in [6.45, 7) is 6.74. The number of urea groups is 1. The van der Waals surface area contributed by atoms with E-state index in [2.05, 4.69) is 22.3 Å². The summed E-state index contributed by atoms with van der Waals surface area (Å²) in [5.41, 5.74) is 1.78. The molecule has 2 heterocycles. The van der Waals surface area contributed by atoms with E-state index in [4.69, 9.17) is 13.9 Å². The third-order valence-electron chi connectivity index (χ3n) is 6.75. The monoisotopic (exact) mass is 534 g/mol. The molecule has 0 bridgehead atoms. The standard InChI is InChI=1S/C30H38N4O5/c1-24-8-11-28(39-24)22-33(15-14-25-6-4-3-5-7-25)29(35)23-34(17-16-32-18-20-38-21-19-32)30(36)31-26-9-12-27(37-2)13-10-26/h3-13H,14-23H2,1-2H3,(H,31,36). The number of hydrogen-bond donors (Lipinski definition) is 1. The average Bonchev–Trinajstić information content (AvgIpc) is 3.39. The maximum Gasteiger partial charge on any atom is 0.322 e. The third-order valence-corrected chi connectivity index (χ3v) is 6.75. The Morgan fingerprint density at radius 3 is 2.36 bits per heavy atom. The topological polar surface area (TPSA) is 87.5 Å². The van der Waals surface area contributed by atoms with Crippen molar-refractivity contribution < 1.29 is 23.5 Å². The number of anilines is 1. The number of benzene rings is 2. The van der Waals surface area contributed by atoms with Crippen LogP contribution in [0.3, 0.4) is 0 Å². The second-order valence-corrected chi connectivity index (χ2v) is 9.60. The zero-order valence-electron chi connectivity index (χ0n) is 22.8. The van der Waals surface area contributed by atoms with E-state index in [-0.39, 0.29) is 18.5 Å². The van der Waals surface area contributed by atoms with Crippen molar-refractivity contribution in [2.24, 2.45) is 0 Å². The van der Waals surface area contributed by atoms with E-state index in [1.807, 2.05) is 37.3 Å². The van der Waals surface area contributed by atoms with Gasteiger partial charge in [-0.25, -0.2) is 4.79 Å². The van der Waals surface area contributed by atoms with Gasteiger partial charge in [0.25, 0.3) is 0 Å². The minimum atomic E-state index is -0.321. The molecule has 1 aromatic heterocycles. The van der Waals surface area contributed by atoms with Gasteiger partial charge < -0.3 is 29.0 Å². The Hall–Kier alpha value is -3.82. The molecule has 208 valence electrons. The zero-order valence-corrected chi connectivity index (χ0v) is 22.8. The van der Waals surface area contributed by atoms with Crippen LogP contribution in [0.4, 0.5) is 10.5 Å². The molecule has 0 radical (unpaired) electrons. The van der Waals surface area contributed by atoms with E-state index in [1.54, 1.807) is 41.2 Å². The van der Waals surface area contributed by atoms with Crippen molar-refractivity contribution in [1.82, 2.24) is 14.7 Å². The van der Waals surface area contributed by atoms with Gasteiger partial charge in [-0.2, -0.15) is 0 Å². The smallest absolute Gasteiger partial charge is 0.322 e. The SMILES string of the molecule is COc1ccc(NC(=O)N(CCN2CCOCC2)CC(=O)N(CCc2ccccc2)Cc2ccc(C)o2)cc1. The van der Waals surface area contributed by atoms with E-state index in [1.165, 1.54) is 0 Å². The van der Waals surface area contributed by atoms with Gasteiger partial charge in [0.15, 0.2) is 0 Å². The molecule has 9 heteroatoms. The fourth-order valence-electron chi connectivity index (χ4n) is 4.44. The van der Waals surface area contributed by atoms with Crippen molar-refractivity contribution in [3.8, 4) is 5.75 Å². The lowest BCUT2D eigenvalue weighted by molar-refractivity contribution is -0.132. The summed E-state index contributed by atoms with van der Waals surface area (Å²) in [6.07, 6.45) is 0.706. The molecule has 4 rings (SSSR count). The number of nitrogens with one attached hydrogen (secondary N) is 1. The number of morpholine rings is 1. The van der Waals surface area contributed by atoms with E-state index < -0.39 is 0 Å². The number of furan rings is 1. The maximum absolute atomic E-state index is 13.7. The lowest BCUT2D eigenvalue weighted by Crippen LogP contribution is -2.48. The molecule has 1 aliphatic rings. The van der Waals surface area contributed by atoms with Gasteiger partial charge in [0, 0.05) is 38.4 Å². The molecule has 0 spiro atoms. The quantitative estimate of drug-likeness (QED) is 0.378. The Balaban J connectivity index is 1.46. The predicted octanol–water partition coefficient (Wildman–Crippen LogP) is 4.03. The molecule has 3 amide bonds. The van der Waals surface area contributed by atoms with Crippen LogP contribution in [-0.4, -0.2) is 86.2 Å². The Kier molecular flexibility index (Phi) is 10.4. The normalized spacial score (nSPS) is 13.6. The van der Waals surface area contributed by atoms with Gasteiger partial charge in [-0.3, -0.25) is 9.69 Å². The minimum absolute atomic E-state index is 0.0409. The van der Waals surface area contributed by atoms with Crippen LogP contribution in [0.15, 0.2) is 71.1 Å². The summed E-state index contributed by atoms with van der Waals surface area (Å²) in [5, 5.41) is 2.94. The van der Waals surface area contributed by atoms with Crippen molar-refractivity contribution in [3.05, 3.63) is 83.8 Å². The molecule has 1 aliphatic heterocycles. The zero-order chi connectivity index (χ0) is 27.5. The van der Waals surface area contributed by atoms with Gasteiger partial charge in [0.2, 0.25) is 5.91 Å². The van der Waals surface area contributed by atoms with Crippen LogP contribution >= 0.6 is 0 Å². The molecule has 1 N–H and O–H groups in total. The van der Waals surface area contributed by atoms with Gasteiger partial charge in [0.1, 0.15) is 23.8 Å². The van der Waals surface area contributed by atoms with Crippen LogP contribution in [0.5, 0.6) is 5.75 Å². The van der Waals surface area contributed by atoms with Gasteiger partial charge in [0.05, 0.1) is 26.9 Å². The van der Waals surface area contributed by atoms with Crippen molar-refractivity contribution in [3.63, 3.8) is 0 Å². The number of hydrogen-bond acceptors (Lipinski definition) is 6. The largest absolute Gasteiger partial charge is 0.497 e. The lowest BCUT2D eigenvalue weighted by Gasteiger charge is -2.31. The predicted molar refractivity (Wildman–Crippen MR) is 150 cm³/mol. The number of carbonyl (C=O) groups excluding carboxylic acids is 2. The molecule has 9 nitrogen and oxygen atoms in total. The van der Waals surface area contributed by atoms with Gasteiger partial charge >= 0.3 is 6.03 Å². The Morgan fingerprint density at radius 2 is 1.69 bits per heavy atom. The van der Waals surface area contributed by atoms with E-state index in [0.29, 0.717) is 57.3 Å². The molecule has 0 unspecified atom stereocenters. The van der Waals surface area contributed by atoms with Crippen molar-refractivity contribution >= 4 is 17.6 Å². The highest BCUT2D eigenvalue weighted by Gasteiger charge is 2.24. The molecule has 0 aliphatic carbocycles. The van der Waals surface area contributed by atoms with Crippen LogP contribution in [0.2, 0.25) is 0 Å². The Labute approximate surface area is 230 Å². The first-order valence-corrected chi connectivity index (χ1v) is 13.4. The highest BCUT2D eigenvalue weighted by molar-refractivity contribution is 5.92. The highest BCUT2D eigenvalue weighted by atomic mass is 16.5. The van der Waals surface area contributed by atoms with E-state index >= 15 is 0 Å². The summed E-state index contributed by atoms with van der Waals surface area (Å²) in [6, 6.07) is 20.7. The van der Waals surface area contributed by atoms with Crippen molar-refractivity contribution in [1.29, 1.82) is 0 Å². The van der Waals surface area contributed by atoms with Crippen LogP contribution in [-0.2, 0) is 22.5 Å². The molecule has 3 aromatic rings. The fourth-order valence-corrected chi connectivity index (χ4v) is 4.44. The number of aryl methyl sites for hydroxylation is 1.